The minimum Gasteiger partial charge on any atom is -0.0888 e. The molecule has 0 aromatic heterocycles. The van der Waals surface area contributed by atoms with Gasteiger partial charge in [-0.2, -0.15) is 0 Å². The Balaban J connectivity index is 1.86. The van der Waals surface area contributed by atoms with Crippen molar-refractivity contribution in [2.24, 2.45) is 5.92 Å². The first kappa shape index (κ1) is 26.2. The maximum atomic E-state index is 2.75. The minimum absolute atomic E-state index is 0.0916. The molecular formula is C33H51P. The van der Waals surface area contributed by atoms with Gasteiger partial charge >= 0.3 is 0 Å². The van der Waals surface area contributed by atoms with E-state index in [1.165, 1.54) is 69.8 Å². The second-order valence-corrected chi connectivity index (χ2v) is 15.5. The normalized spacial score (nSPS) is 26.9. The van der Waals surface area contributed by atoms with Crippen molar-refractivity contribution >= 4 is 7.92 Å². The van der Waals surface area contributed by atoms with Crippen molar-refractivity contribution in [3.63, 3.8) is 0 Å². The molecule has 34 heavy (non-hydrogen) atoms. The molecule has 0 spiro atoms. The van der Waals surface area contributed by atoms with Crippen molar-refractivity contribution in [3.8, 4) is 0 Å². The Morgan fingerprint density at radius 2 is 1.32 bits per heavy atom. The fourth-order valence-corrected chi connectivity index (χ4v) is 12.6. The summed E-state index contributed by atoms with van der Waals surface area (Å²) in [4.78, 5) is 0. The summed E-state index contributed by atoms with van der Waals surface area (Å²) < 4.78 is 0. The first-order chi connectivity index (χ1) is 16.4. The second-order valence-electron chi connectivity index (χ2n) is 12.5. The first-order valence-electron chi connectivity index (χ1n) is 14.6. The maximum Gasteiger partial charge on any atom is 0.0218 e. The van der Waals surface area contributed by atoms with Crippen molar-refractivity contribution in [1.29, 1.82) is 0 Å². The Labute approximate surface area is 212 Å². The van der Waals surface area contributed by atoms with Gasteiger partial charge in [0.2, 0.25) is 0 Å². The van der Waals surface area contributed by atoms with Crippen LogP contribution in [0.2, 0.25) is 0 Å². The van der Waals surface area contributed by atoms with Crippen LogP contribution in [0, 0.1) is 5.92 Å². The molecule has 0 heterocycles. The van der Waals surface area contributed by atoms with Crippen molar-refractivity contribution in [3.05, 3.63) is 59.2 Å². The molecule has 1 heteroatoms. The predicted octanol–water partition coefficient (Wildman–Crippen LogP) is 10.7. The lowest BCUT2D eigenvalue weighted by Crippen LogP contribution is -2.44. The lowest BCUT2D eigenvalue weighted by atomic mass is 9.73. The summed E-state index contributed by atoms with van der Waals surface area (Å²) in [7, 11) is -0.0916. The molecule has 2 saturated carbocycles. The van der Waals surface area contributed by atoms with Gasteiger partial charge in [-0.1, -0.05) is 130 Å². The van der Waals surface area contributed by atoms with Crippen LogP contribution in [0.3, 0.4) is 0 Å². The van der Waals surface area contributed by atoms with Gasteiger partial charge in [-0.25, -0.2) is 0 Å². The quantitative estimate of drug-likeness (QED) is 0.342. The van der Waals surface area contributed by atoms with Crippen LogP contribution in [-0.2, 0) is 0 Å². The highest BCUT2D eigenvalue weighted by Gasteiger charge is 2.51. The molecule has 1 aromatic rings. The highest BCUT2D eigenvalue weighted by Crippen LogP contribution is 2.71. The van der Waals surface area contributed by atoms with Crippen LogP contribution in [0.25, 0.3) is 0 Å². The van der Waals surface area contributed by atoms with E-state index in [0.29, 0.717) is 23.7 Å². The third kappa shape index (κ3) is 5.14. The molecule has 0 nitrogen and oxygen atoms in total. The van der Waals surface area contributed by atoms with Gasteiger partial charge in [0.15, 0.2) is 0 Å². The molecule has 4 rings (SSSR count). The number of hydrogen-bond donors (Lipinski definition) is 0. The SMILES string of the molecule is CC(C)c1ccc(C2C=CC=CC2(C(C)C)P(C2CCCCC2)C2CCCCC2)c(C(C)C)c1. The Hall–Kier alpha value is -0.870. The number of hydrogen-bond acceptors (Lipinski definition) is 0. The van der Waals surface area contributed by atoms with E-state index in [-0.39, 0.29) is 13.1 Å². The molecule has 2 fully saturated rings. The van der Waals surface area contributed by atoms with E-state index in [1.54, 1.807) is 11.1 Å². The van der Waals surface area contributed by atoms with Gasteiger partial charge < -0.3 is 0 Å². The molecule has 0 bridgehead atoms. The van der Waals surface area contributed by atoms with Gasteiger partial charge in [0.05, 0.1) is 0 Å². The average Bonchev–Trinajstić information content (AvgIpc) is 2.85. The number of rotatable bonds is 7. The maximum absolute atomic E-state index is 2.75. The Bertz CT molecular complexity index is 829. The fourth-order valence-electron chi connectivity index (χ4n) is 7.48. The van der Waals surface area contributed by atoms with Crippen LogP contribution in [0.1, 0.15) is 140 Å². The Morgan fingerprint density at radius 1 is 0.735 bits per heavy atom. The third-order valence-electron chi connectivity index (χ3n) is 9.32. The molecule has 3 aliphatic carbocycles. The van der Waals surface area contributed by atoms with E-state index in [4.69, 9.17) is 0 Å². The van der Waals surface area contributed by atoms with Crippen LogP contribution in [0.15, 0.2) is 42.5 Å². The smallest absolute Gasteiger partial charge is 0.0218 e. The van der Waals surface area contributed by atoms with Gasteiger partial charge in [-0.05, 0) is 71.4 Å². The summed E-state index contributed by atoms with van der Waals surface area (Å²) in [5.74, 6) is 2.34. The molecule has 1 aromatic carbocycles. The monoisotopic (exact) mass is 478 g/mol. The second kappa shape index (κ2) is 11.5. The highest BCUT2D eigenvalue weighted by molar-refractivity contribution is 7.61. The van der Waals surface area contributed by atoms with Crippen LogP contribution in [0.5, 0.6) is 0 Å². The predicted molar refractivity (Wildman–Crippen MR) is 154 cm³/mol. The van der Waals surface area contributed by atoms with Crippen LogP contribution in [0.4, 0.5) is 0 Å². The molecule has 2 atom stereocenters. The van der Waals surface area contributed by atoms with Crippen LogP contribution in [-0.4, -0.2) is 16.5 Å². The summed E-state index contributed by atoms with van der Waals surface area (Å²) >= 11 is 0. The molecule has 0 aliphatic heterocycles. The van der Waals surface area contributed by atoms with Gasteiger partial charge in [0.25, 0.3) is 0 Å². The molecule has 2 unspecified atom stereocenters. The van der Waals surface area contributed by atoms with Crippen LogP contribution >= 0.6 is 7.92 Å². The van der Waals surface area contributed by atoms with E-state index in [2.05, 4.69) is 84.0 Å². The average molecular weight is 479 g/mol. The van der Waals surface area contributed by atoms with Crippen molar-refractivity contribution in [2.45, 2.75) is 140 Å². The van der Waals surface area contributed by atoms with Gasteiger partial charge in [0, 0.05) is 11.1 Å². The Morgan fingerprint density at radius 3 is 1.82 bits per heavy atom. The third-order valence-corrected chi connectivity index (χ3v) is 13.8. The largest absolute Gasteiger partial charge is 0.0888 e. The fraction of sp³-hybridized carbons (Fsp3) is 0.697. The zero-order valence-electron chi connectivity index (χ0n) is 23.0. The zero-order chi connectivity index (χ0) is 24.3. The molecular weight excluding hydrogens is 427 g/mol. The van der Waals surface area contributed by atoms with Gasteiger partial charge in [-0.15, -0.1) is 0 Å². The van der Waals surface area contributed by atoms with E-state index < -0.39 is 0 Å². The number of allylic oxidation sites excluding steroid dienone is 4. The van der Waals surface area contributed by atoms with Crippen molar-refractivity contribution < 1.29 is 0 Å². The zero-order valence-corrected chi connectivity index (χ0v) is 23.9. The summed E-state index contributed by atoms with van der Waals surface area (Å²) in [6, 6.07) is 7.56. The topological polar surface area (TPSA) is 0 Å². The molecule has 0 amide bonds. The van der Waals surface area contributed by atoms with Crippen molar-refractivity contribution in [2.75, 3.05) is 0 Å². The lowest BCUT2D eigenvalue weighted by Gasteiger charge is -2.55. The minimum atomic E-state index is -0.0916. The molecule has 0 radical (unpaired) electrons. The lowest BCUT2D eigenvalue weighted by molar-refractivity contribution is 0.422. The number of benzene rings is 1. The van der Waals surface area contributed by atoms with Gasteiger partial charge in [-0.3, -0.25) is 0 Å². The molecule has 3 aliphatic rings. The highest BCUT2D eigenvalue weighted by atomic mass is 31.1. The molecule has 0 saturated heterocycles. The van der Waals surface area contributed by atoms with Crippen LogP contribution < -0.4 is 0 Å². The van der Waals surface area contributed by atoms with E-state index >= 15 is 0 Å². The van der Waals surface area contributed by atoms with E-state index in [1.807, 2.05) is 0 Å². The summed E-state index contributed by atoms with van der Waals surface area (Å²) in [6.45, 7) is 14.6. The standard InChI is InChI=1S/C33H51P/c1-24(2)27-20-21-30(31(23-27)25(3)4)32-19-13-14-22-33(32,26(5)6)34(28-15-9-7-10-16-28)29-17-11-8-12-18-29/h13-14,19-26,28-29,32H,7-12,15-18H2,1-6H3. The molecule has 188 valence electrons. The summed E-state index contributed by atoms with van der Waals surface area (Å²) in [6.07, 6.45) is 24.9. The summed E-state index contributed by atoms with van der Waals surface area (Å²) in [5.41, 5.74) is 6.66. The van der Waals surface area contributed by atoms with Crippen molar-refractivity contribution in [1.82, 2.24) is 0 Å². The van der Waals surface area contributed by atoms with E-state index in [0.717, 1.165) is 11.3 Å². The molecule has 0 N–H and O–H groups in total. The van der Waals surface area contributed by atoms with E-state index in [9.17, 15) is 0 Å². The van der Waals surface area contributed by atoms with Gasteiger partial charge in [0.1, 0.15) is 0 Å². The first-order valence-corrected chi connectivity index (χ1v) is 16.1. The summed E-state index contributed by atoms with van der Waals surface area (Å²) in [5, 5.41) is 0.289. The Kier molecular flexibility index (Phi) is 8.83.